The fourth-order valence-corrected chi connectivity index (χ4v) is 9.31. The van der Waals surface area contributed by atoms with Gasteiger partial charge < -0.3 is 9.84 Å². The van der Waals surface area contributed by atoms with Crippen molar-refractivity contribution in [3.63, 3.8) is 0 Å². The number of hydrogen-bond donors (Lipinski definition) is 1. The molecule has 1 heterocycles. The molecular formula is C31H42N2O3. The van der Waals surface area contributed by atoms with E-state index in [4.69, 9.17) is 9.84 Å². The first kappa shape index (κ1) is 24.2. The monoisotopic (exact) mass is 490 g/mol. The molecule has 3 saturated carbocycles. The fourth-order valence-electron chi connectivity index (χ4n) is 9.31. The number of hydrazone groups is 1. The Morgan fingerprint density at radius 3 is 2.56 bits per heavy atom. The van der Waals surface area contributed by atoms with Crippen molar-refractivity contribution < 1.29 is 14.6 Å². The molecule has 0 bridgehead atoms. The van der Waals surface area contributed by atoms with E-state index in [2.05, 4.69) is 32.1 Å². The average molecular weight is 491 g/mol. The zero-order valence-electron chi connectivity index (χ0n) is 22.4. The molecule has 5 nitrogen and oxygen atoms in total. The van der Waals surface area contributed by atoms with Crippen LogP contribution in [0.25, 0.3) is 0 Å². The molecule has 5 aliphatic rings. The van der Waals surface area contributed by atoms with E-state index in [1.165, 1.54) is 37.8 Å². The van der Waals surface area contributed by atoms with Crippen LogP contribution in [0.15, 0.2) is 41.0 Å². The number of hydrogen-bond acceptors (Lipinski definition) is 4. The summed E-state index contributed by atoms with van der Waals surface area (Å²) < 4.78 is 5.34. The van der Waals surface area contributed by atoms with Crippen LogP contribution in [0, 0.1) is 34.5 Å². The van der Waals surface area contributed by atoms with Crippen molar-refractivity contribution in [1.29, 1.82) is 0 Å². The number of ether oxygens (including phenoxy) is 1. The van der Waals surface area contributed by atoms with Crippen LogP contribution in [0.3, 0.4) is 0 Å². The molecule has 4 aliphatic carbocycles. The molecule has 0 aromatic heterocycles. The molecule has 0 saturated heterocycles. The number of fused-ring (bicyclic) bond motifs is 5. The maximum absolute atomic E-state index is 12.6. The molecule has 1 aromatic rings. The summed E-state index contributed by atoms with van der Waals surface area (Å²) in [6, 6.07) is 8.10. The quantitative estimate of drug-likeness (QED) is 0.507. The Bertz CT molecular complexity index is 1090. The van der Waals surface area contributed by atoms with Gasteiger partial charge in [-0.05, 0) is 97.6 Å². The van der Waals surface area contributed by atoms with Gasteiger partial charge in [-0.25, -0.2) is 5.01 Å². The smallest absolute Gasteiger partial charge is 0.240 e. The molecule has 6 rings (SSSR count). The van der Waals surface area contributed by atoms with Gasteiger partial charge >= 0.3 is 0 Å². The molecule has 1 unspecified atom stereocenters. The van der Waals surface area contributed by atoms with Crippen molar-refractivity contribution in [2.45, 2.75) is 90.7 Å². The van der Waals surface area contributed by atoms with Gasteiger partial charge in [0, 0.05) is 25.0 Å². The summed E-state index contributed by atoms with van der Waals surface area (Å²) >= 11 is 0. The Morgan fingerprint density at radius 2 is 1.83 bits per heavy atom. The van der Waals surface area contributed by atoms with Crippen LogP contribution < -0.4 is 4.74 Å². The Morgan fingerprint density at radius 1 is 1.06 bits per heavy atom. The standard InChI is InChI=1S/C31H42N2O3/c1-19(34)33-29(20-5-8-23(36-4)9-6-20)18-28(32-33)27-12-11-25-24-10-7-21-17-22(35)13-15-30(21,2)26(24)14-16-31(25,27)3/h5-9,22,24-27,29,35H,10-18H2,1-4H3/t22-,24-,25-,26-,27+,29?,30-,31-/m0/s1. The van der Waals surface area contributed by atoms with Crippen molar-refractivity contribution >= 4 is 11.6 Å². The van der Waals surface area contributed by atoms with E-state index in [-0.39, 0.29) is 28.9 Å². The number of benzene rings is 1. The molecule has 36 heavy (non-hydrogen) atoms. The van der Waals surface area contributed by atoms with Gasteiger partial charge in [0.05, 0.1) is 19.3 Å². The van der Waals surface area contributed by atoms with Gasteiger partial charge in [0.2, 0.25) is 5.91 Å². The molecule has 1 aliphatic heterocycles. The van der Waals surface area contributed by atoms with Gasteiger partial charge in [-0.1, -0.05) is 37.6 Å². The van der Waals surface area contributed by atoms with Gasteiger partial charge in [-0.2, -0.15) is 5.10 Å². The van der Waals surface area contributed by atoms with Crippen LogP contribution in [0.5, 0.6) is 5.75 Å². The highest BCUT2D eigenvalue weighted by Gasteiger charge is 2.59. The summed E-state index contributed by atoms with van der Waals surface area (Å²) in [5.74, 6) is 3.51. The lowest BCUT2D eigenvalue weighted by molar-refractivity contribution is -0.130. The largest absolute Gasteiger partial charge is 0.497 e. The topological polar surface area (TPSA) is 62.1 Å². The lowest BCUT2D eigenvalue weighted by atomic mass is 9.47. The summed E-state index contributed by atoms with van der Waals surface area (Å²) in [6.45, 7) is 6.68. The molecule has 1 N–H and O–H groups in total. The number of allylic oxidation sites excluding steroid dienone is 1. The minimum absolute atomic E-state index is 0.0184. The minimum atomic E-state index is -0.145. The number of amides is 1. The van der Waals surface area contributed by atoms with Crippen LogP contribution in [0.1, 0.15) is 90.2 Å². The maximum Gasteiger partial charge on any atom is 0.240 e. The zero-order valence-corrected chi connectivity index (χ0v) is 22.4. The lowest BCUT2D eigenvalue weighted by Crippen LogP contribution is -2.51. The Balaban J connectivity index is 1.26. The van der Waals surface area contributed by atoms with E-state index in [9.17, 15) is 9.90 Å². The minimum Gasteiger partial charge on any atom is -0.497 e. The first-order valence-electron chi connectivity index (χ1n) is 14.1. The predicted molar refractivity (Wildman–Crippen MR) is 142 cm³/mol. The molecule has 0 spiro atoms. The van der Waals surface area contributed by atoms with E-state index in [1.54, 1.807) is 24.6 Å². The highest BCUT2D eigenvalue weighted by Crippen LogP contribution is 2.66. The zero-order chi connectivity index (χ0) is 25.2. The molecule has 194 valence electrons. The summed E-state index contributed by atoms with van der Waals surface area (Å²) in [5.41, 5.74) is 4.45. The Hall–Kier alpha value is -2.14. The highest BCUT2D eigenvalue weighted by atomic mass is 16.5. The summed E-state index contributed by atoms with van der Waals surface area (Å²) in [5, 5.41) is 17.1. The van der Waals surface area contributed by atoms with E-state index >= 15 is 0 Å². The van der Waals surface area contributed by atoms with Crippen molar-refractivity contribution in [2.24, 2.45) is 39.6 Å². The first-order chi connectivity index (χ1) is 17.2. The number of nitrogens with zero attached hydrogens (tertiary/aromatic N) is 2. The third kappa shape index (κ3) is 3.60. The third-order valence-corrected chi connectivity index (χ3v) is 11.2. The molecule has 1 aromatic carbocycles. The number of carbonyl (C=O) groups excluding carboxylic acids is 1. The van der Waals surface area contributed by atoms with E-state index in [0.29, 0.717) is 5.92 Å². The molecule has 3 fully saturated rings. The second-order valence-corrected chi connectivity index (χ2v) is 12.8. The second-order valence-electron chi connectivity index (χ2n) is 12.8. The van der Waals surface area contributed by atoms with Crippen LogP contribution in [-0.2, 0) is 4.79 Å². The van der Waals surface area contributed by atoms with Crippen LogP contribution in [0.2, 0.25) is 0 Å². The van der Waals surface area contributed by atoms with Crippen LogP contribution in [0.4, 0.5) is 0 Å². The molecular weight excluding hydrogens is 448 g/mol. The van der Waals surface area contributed by atoms with Gasteiger partial charge in [0.1, 0.15) is 5.75 Å². The predicted octanol–water partition coefficient (Wildman–Crippen LogP) is 6.28. The maximum atomic E-state index is 12.6. The van der Waals surface area contributed by atoms with Crippen LogP contribution >= 0.6 is 0 Å². The van der Waals surface area contributed by atoms with Crippen molar-refractivity contribution in [1.82, 2.24) is 5.01 Å². The number of aliphatic hydroxyl groups excluding tert-OH is 1. The lowest BCUT2D eigenvalue weighted by Gasteiger charge is -2.58. The van der Waals surface area contributed by atoms with Gasteiger partial charge in [-0.3, -0.25) is 4.79 Å². The first-order valence-corrected chi connectivity index (χ1v) is 14.1. The molecule has 0 radical (unpaired) electrons. The van der Waals surface area contributed by atoms with E-state index in [1.807, 2.05) is 12.1 Å². The van der Waals surface area contributed by atoms with E-state index in [0.717, 1.165) is 54.7 Å². The van der Waals surface area contributed by atoms with Crippen molar-refractivity contribution in [3.05, 3.63) is 41.5 Å². The Labute approximate surface area is 216 Å². The Kier molecular flexibility index (Phi) is 5.86. The number of carbonyl (C=O) groups is 1. The second kappa shape index (κ2) is 8.72. The van der Waals surface area contributed by atoms with Gasteiger partial charge in [0.15, 0.2) is 0 Å². The average Bonchev–Trinajstić information content (AvgIpc) is 3.46. The van der Waals surface area contributed by atoms with Gasteiger partial charge in [0.25, 0.3) is 0 Å². The SMILES string of the molecule is COc1ccc(C2CC([C@H]3CC[C@H]4[C@@H]5CC=C6C[C@@H](O)CC[C@]6(C)[C@H]5CC[C@]34C)=NN2C(C)=O)cc1. The molecule has 8 atom stereocenters. The van der Waals surface area contributed by atoms with Crippen molar-refractivity contribution in [2.75, 3.05) is 7.11 Å². The summed E-state index contributed by atoms with van der Waals surface area (Å²) in [6.07, 6.45) is 12.4. The number of aliphatic hydroxyl groups is 1. The summed E-state index contributed by atoms with van der Waals surface area (Å²) in [4.78, 5) is 12.6. The van der Waals surface area contributed by atoms with E-state index < -0.39 is 0 Å². The number of rotatable bonds is 3. The summed E-state index contributed by atoms with van der Waals surface area (Å²) in [7, 11) is 1.68. The third-order valence-electron chi connectivity index (χ3n) is 11.2. The number of methoxy groups -OCH3 is 1. The highest BCUT2D eigenvalue weighted by molar-refractivity contribution is 5.92. The molecule has 5 heteroatoms. The van der Waals surface area contributed by atoms with Gasteiger partial charge in [-0.15, -0.1) is 0 Å². The normalized spacial score (nSPS) is 41.6. The van der Waals surface area contributed by atoms with Crippen LogP contribution in [-0.4, -0.2) is 34.9 Å². The van der Waals surface area contributed by atoms with Crippen molar-refractivity contribution in [3.8, 4) is 5.75 Å². The fraction of sp³-hybridized carbons (Fsp3) is 0.677. The molecule has 1 amide bonds.